The van der Waals surface area contributed by atoms with Crippen molar-refractivity contribution < 1.29 is 9.59 Å². The number of rotatable bonds is 6. The minimum atomic E-state index is -0.169. The maximum Gasteiger partial charge on any atom is 0.255 e. The Hall–Kier alpha value is -3.48. The molecule has 1 aromatic heterocycles. The van der Waals surface area contributed by atoms with Gasteiger partial charge >= 0.3 is 0 Å². The molecule has 148 valence electrons. The number of hydrogen-bond donors (Lipinski definition) is 1. The number of carbonyl (C=O) groups is 2. The number of aromatic nitrogens is 3. The van der Waals surface area contributed by atoms with Crippen molar-refractivity contribution >= 4 is 17.5 Å². The third-order valence-electron chi connectivity index (χ3n) is 5.14. The van der Waals surface area contributed by atoms with Gasteiger partial charge in [0.1, 0.15) is 12.7 Å². The van der Waals surface area contributed by atoms with E-state index in [1.54, 1.807) is 29.4 Å². The summed E-state index contributed by atoms with van der Waals surface area (Å²) in [6.07, 6.45) is 6.69. The number of benzene rings is 2. The topological polar surface area (TPSA) is 80.1 Å². The molecule has 1 saturated heterocycles. The highest BCUT2D eigenvalue weighted by Crippen LogP contribution is 2.15. The summed E-state index contributed by atoms with van der Waals surface area (Å²) in [5.41, 5.74) is 3.28. The molecular formula is C22H23N5O2. The summed E-state index contributed by atoms with van der Waals surface area (Å²) in [5, 5.41) is 10.5. The van der Waals surface area contributed by atoms with Crippen LogP contribution in [0.1, 0.15) is 35.2 Å². The number of carbonyl (C=O) groups excluding carboxylic acids is 2. The lowest BCUT2D eigenvalue weighted by atomic mass is 10.1. The van der Waals surface area contributed by atoms with Gasteiger partial charge in [-0.3, -0.25) is 14.2 Å². The largest absolute Gasteiger partial charge is 0.343 e. The van der Waals surface area contributed by atoms with Crippen molar-refractivity contribution in [3.05, 3.63) is 72.3 Å². The standard InChI is InChI=1S/C22H23N5O2/c28-21(26-13-1-2-14-26)12-5-17-3-8-19(9-4-17)25-22(29)18-6-10-20(11-7-18)27-15-23-24-16-27/h3-4,6-11,15-16H,1-2,5,12-14H2,(H,25,29). The molecule has 7 nitrogen and oxygen atoms in total. The van der Waals surface area contributed by atoms with E-state index in [0.29, 0.717) is 18.4 Å². The van der Waals surface area contributed by atoms with Gasteiger partial charge in [-0.2, -0.15) is 0 Å². The third-order valence-corrected chi connectivity index (χ3v) is 5.14. The Balaban J connectivity index is 1.31. The second-order valence-electron chi connectivity index (χ2n) is 7.15. The SMILES string of the molecule is O=C(Nc1ccc(CCC(=O)N2CCCC2)cc1)c1ccc(-n2cnnc2)cc1. The maximum atomic E-state index is 12.5. The van der Waals surface area contributed by atoms with Gasteiger partial charge in [0.05, 0.1) is 0 Å². The average molecular weight is 389 g/mol. The van der Waals surface area contributed by atoms with Crippen molar-refractivity contribution in [2.75, 3.05) is 18.4 Å². The molecule has 4 rings (SSSR count). The van der Waals surface area contributed by atoms with Crippen LogP contribution in [0.4, 0.5) is 5.69 Å². The zero-order valence-corrected chi connectivity index (χ0v) is 16.1. The Morgan fingerprint density at radius 1 is 0.897 bits per heavy atom. The van der Waals surface area contributed by atoms with Crippen molar-refractivity contribution in [1.29, 1.82) is 0 Å². The quantitative estimate of drug-likeness (QED) is 0.703. The van der Waals surface area contributed by atoms with E-state index in [9.17, 15) is 9.59 Å². The number of nitrogens with zero attached hydrogens (tertiary/aromatic N) is 4. The van der Waals surface area contributed by atoms with E-state index in [4.69, 9.17) is 0 Å². The molecule has 29 heavy (non-hydrogen) atoms. The molecule has 2 heterocycles. The molecule has 1 N–H and O–H groups in total. The highest BCUT2D eigenvalue weighted by Gasteiger charge is 2.17. The van der Waals surface area contributed by atoms with Crippen LogP contribution in [0.15, 0.2) is 61.2 Å². The van der Waals surface area contributed by atoms with Crippen molar-refractivity contribution in [3.63, 3.8) is 0 Å². The lowest BCUT2D eigenvalue weighted by Crippen LogP contribution is -2.27. The summed E-state index contributed by atoms with van der Waals surface area (Å²) in [6, 6.07) is 14.9. The van der Waals surface area contributed by atoms with E-state index in [1.165, 1.54) is 0 Å². The number of anilines is 1. The Morgan fingerprint density at radius 3 is 2.21 bits per heavy atom. The Kier molecular flexibility index (Phi) is 5.65. The fourth-order valence-electron chi connectivity index (χ4n) is 3.45. The average Bonchev–Trinajstić information content (AvgIpc) is 3.47. The van der Waals surface area contributed by atoms with Gasteiger partial charge in [0.25, 0.3) is 5.91 Å². The Labute approximate surface area is 169 Å². The van der Waals surface area contributed by atoms with Crippen LogP contribution in [0, 0.1) is 0 Å². The van der Waals surface area contributed by atoms with E-state index < -0.39 is 0 Å². The summed E-state index contributed by atoms with van der Waals surface area (Å²) < 4.78 is 1.77. The molecule has 2 amide bonds. The Bertz CT molecular complexity index is 959. The first-order chi connectivity index (χ1) is 14.2. The normalized spacial score (nSPS) is 13.4. The predicted octanol–water partition coefficient (Wildman–Crippen LogP) is 3.07. The fraction of sp³-hybridized carbons (Fsp3) is 0.273. The first-order valence-electron chi connectivity index (χ1n) is 9.82. The molecule has 0 spiro atoms. The number of nitrogens with one attached hydrogen (secondary N) is 1. The first kappa shape index (κ1) is 18.9. The Morgan fingerprint density at radius 2 is 1.55 bits per heavy atom. The number of amides is 2. The summed E-state index contributed by atoms with van der Waals surface area (Å²) in [7, 11) is 0. The maximum absolute atomic E-state index is 12.5. The van der Waals surface area contributed by atoms with E-state index >= 15 is 0 Å². The molecule has 0 saturated carbocycles. The summed E-state index contributed by atoms with van der Waals surface area (Å²) in [4.78, 5) is 26.6. The molecule has 0 unspecified atom stereocenters. The molecule has 0 atom stereocenters. The van der Waals surface area contributed by atoms with E-state index in [-0.39, 0.29) is 11.8 Å². The van der Waals surface area contributed by atoms with Gasteiger partial charge in [-0.15, -0.1) is 10.2 Å². The van der Waals surface area contributed by atoms with E-state index in [0.717, 1.165) is 42.9 Å². The molecule has 1 aliphatic rings. The van der Waals surface area contributed by atoms with Gasteiger partial charge in [-0.1, -0.05) is 12.1 Å². The van der Waals surface area contributed by atoms with Gasteiger partial charge in [0, 0.05) is 36.4 Å². The van der Waals surface area contributed by atoms with E-state index in [1.807, 2.05) is 41.3 Å². The molecular weight excluding hydrogens is 366 g/mol. The second-order valence-corrected chi connectivity index (χ2v) is 7.15. The minimum absolute atomic E-state index is 0.169. The lowest BCUT2D eigenvalue weighted by molar-refractivity contribution is -0.130. The number of hydrogen-bond acceptors (Lipinski definition) is 4. The van der Waals surface area contributed by atoms with Gasteiger partial charge in [0.15, 0.2) is 0 Å². The number of aryl methyl sites for hydroxylation is 1. The minimum Gasteiger partial charge on any atom is -0.343 e. The molecule has 3 aromatic rings. The van der Waals surface area contributed by atoms with E-state index in [2.05, 4.69) is 15.5 Å². The van der Waals surface area contributed by atoms with Gasteiger partial charge in [0.2, 0.25) is 5.91 Å². The summed E-state index contributed by atoms with van der Waals surface area (Å²) in [6.45, 7) is 1.79. The van der Waals surface area contributed by atoms with Crippen LogP contribution in [0.5, 0.6) is 0 Å². The molecule has 1 fully saturated rings. The van der Waals surface area contributed by atoms with Crippen molar-refractivity contribution in [2.24, 2.45) is 0 Å². The van der Waals surface area contributed by atoms with Crippen LogP contribution in [0.25, 0.3) is 5.69 Å². The zero-order chi connectivity index (χ0) is 20.1. The molecule has 0 bridgehead atoms. The second kappa shape index (κ2) is 8.68. The lowest BCUT2D eigenvalue weighted by Gasteiger charge is -2.15. The molecule has 0 aliphatic carbocycles. The van der Waals surface area contributed by atoms with Gasteiger partial charge in [-0.05, 0) is 61.2 Å². The smallest absolute Gasteiger partial charge is 0.255 e. The zero-order valence-electron chi connectivity index (χ0n) is 16.1. The highest BCUT2D eigenvalue weighted by atomic mass is 16.2. The number of likely N-dealkylation sites (tertiary alicyclic amines) is 1. The monoisotopic (exact) mass is 389 g/mol. The molecule has 2 aromatic carbocycles. The van der Waals surface area contributed by atoms with Gasteiger partial charge in [-0.25, -0.2) is 0 Å². The molecule has 1 aliphatic heterocycles. The predicted molar refractivity (Wildman–Crippen MR) is 110 cm³/mol. The fourth-order valence-corrected chi connectivity index (χ4v) is 3.45. The van der Waals surface area contributed by atoms with Crippen LogP contribution in [-0.4, -0.2) is 44.6 Å². The summed E-state index contributed by atoms with van der Waals surface area (Å²) >= 11 is 0. The van der Waals surface area contributed by atoms with Gasteiger partial charge < -0.3 is 10.2 Å². The molecule has 0 radical (unpaired) electrons. The molecule has 7 heteroatoms. The van der Waals surface area contributed by atoms with Crippen LogP contribution in [0.2, 0.25) is 0 Å². The highest BCUT2D eigenvalue weighted by molar-refractivity contribution is 6.04. The van der Waals surface area contributed by atoms with Crippen LogP contribution < -0.4 is 5.32 Å². The van der Waals surface area contributed by atoms with Crippen LogP contribution in [0.3, 0.4) is 0 Å². The van der Waals surface area contributed by atoms with Crippen molar-refractivity contribution in [1.82, 2.24) is 19.7 Å². The van der Waals surface area contributed by atoms with Crippen molar-refractivity contribution in [2.45, 2.75) is 25.7 Å². The summed E-state index contributed by atoms with van der Waals surface area (Å²) in [5.74, 6) is 0.0621. The van der Waals surface area contributed by atoms with Crippen LogP contribution >= 0.6 is 0 Å². The van der Waals surface area contributed by atoms with Crippen LogP contribution in [-0.2, 0) is 11.2 Å². The first-order valence-corrected chi connectivity index (χ1v) is 9.82. The van der Waals surface area contributed by atoms with Crippen molar-refractivity contribution in [3.8, 4) is 5.69 Å². The third kappa shape index (κ3) is 4.68.